The van der Waals surface area contributed by atoms with E-state index >= 15 is 0 Å². The van der Waals surface area contributed by atoms with Gasteiger partial charge in [-0.3, -0.25) is 14.5 Å². The zero-order valence-corrected chi connectivity index (χ0v) is 12.9. The molecule has 0 unspecified atom stereocenters. The maximum absolute atomic E-state index is 13.2. The number of carbonyl (C=O) groups excluding carboxylic acids is 1. The van der Waals surface area contributed by atoms with Crippen LogP contribution >= 0.6 is 11.6 Å². The number of benzene rings is 1. The van der Waals surface area contributed by atoms with E-state index in [0.29, 0.717) is 19.4 Å². The second-order valence-corrected chi connectivity index (χ2v) is 5.85. The number of carbonyl (C=O) groups is 2. The second-order valence-electron chi connectivity index (χ2n) is 5.41. The Balaban J connectivity index is 1.86. The second kappa shape index (κ2) is 7.07. The molecule has 22 heavy (non-hydrogen) atoms. The first-order chi connectivity index (χ1) is 10.4. The van der Waals surface area contributed by atoms with Gasteiger partial charge in [0.1, 0.15) is 5.82 Å². The first-order valence-electron chi connectivity index (χ1n) is 7.11. The normalized spacial score (nSPS) is 20.5. The number of nitrogens with zero attached hydrogens (tertiary/aromatic N) is 1. The minimum Gasteiger partial charge on any atom is -0.480 e. The number of rotatable bonds is 6. The van der Waals surface area contributed by atoms with Crippen LogP contribution < -0.4 is 5.32 Å². The number of hydrogen-bond donors (Lipinski definition) is 2. The van der Waals surface area contributed by atoms with Crippen molar-refractivity contribution >= 4 is 23.5 Å². The van der Waals surface area contributed by atoms with E-state index in [0.717, 1.165) is 12.1 Å². The molecule has 0 heterocycles. The number of carboxylic acid groups (broad SMARTS) is 1. The van der Waals surface area contributed by atoms with Gasteiger partial charge in [0.15, 0.2) is 0 Å². The molecule has 0 spiro atoms. The highest BCUT2D eigenvalue weighted by Crippen LogP contribution is 2.26. The van der Waals surface area contributed by atoms with Crippen LogP contribution in [0.5, 0.6) is 0 Å². The van der Waals surface area contributed by atoms with Crippen molar-refractivity contribution in [2.24, 2.45) is 0 Å². The molecule has 0 saturated heterocycles. The van der Waals surface area contributed by atoms with E-state index in [1.54, 1.807) is 0 Å². The summed E-state index contributed by atoms with van der Waals surface area (Å²) in [4.78, 5) is 24.7. The molecular formula is C15H18ClFN2O3. The standard InChI is InChI=1S/C15H18ClFN2O3/c1-2-19(8-14(20)21)13-6-12(7-13)18-15(22)9-3-10(16)5-11(17)4-9/h3-5,12-13H,2,6-8H2,1H3,(H,18,22)(H,20,21). The fourth-order valence-corrected chi connectivity index (χ4v) is 2.85. The molecule has 1 fully saturated rings. The van der Waals surface area contributed by atoms with Crippen molar-refractivity contribution in [2.75, 3.05) is 13.1 Å². The van der Waals surface area contributed by atoms with E-state index in [1.807, 2.05) is 11.8 Å². The van der Waals surface area contributed by atoms with Crippen molar-refractivity contribution < 1.29 is 19.1 Å². The molecule has 0 bridgehead atoms. The predicted octanol–water partition coefficient (Wildman–Crippen LogP) is 2.15. The molecule has 1 aromatic carbocycles. The number of hydrogen-bond acceptors (Lipinski definition) is 3. The fraction of sp³-hybridized carbons (Fsp3) is 0.467. The topological polar surface area (TPSA) is 69.6 Å². The van der Waals surface area contributed by atoms with Gasteiger partial charge in [0.25, 0.3) is 5.91 Å². The summed E-state index contributed by atoms with van der Waals surface area (Å²) >= 11 is 5.73. The monoisotopic (exact) mass is 328 g/mol. The maximum Gasteiger partial charge on any atom is 0.317 e. The quantitative estimate of drug-likeness (QED) is 0.839. The van der Waals surface area contributed by atoms with E-state index in [-0.39, 0.29) is 35.1 Å². The Labute approximate surface area is 133 Å². The highest BCUT2D eigenvalue weighted by molar-refractivity contribution is 6.31. The molecule has 120 valence electrons. The summed E-state index contributed by atoms with van der Waals surface area (Å²) in [5.41, 5.74) is 0.186. The summed E-state index contributed by atoms with van der Waals surface area (Å²) in [6.07, 6.45) is 1.38. The molecule has 1 aliphatic rings. The van der Waals surface area contributed by atoms with E-state index < -0.39 is 11.8 Å². The van der Waals surface area contributed by atoms with Crippen LogP contribution in [-0.2, 0) is 4.79 Å². The van der Waals surface area contributed by atoms with Crippen molar-refractivity contribution in [1.82, 2.24) is 10.2 Å². The van der Waals surface area contributed by atoms with Gasteiger partial charge >= 0.3 is 5.97 Å². The Morgan fingerprint density at radius 3 is 2.64 bits per heavy atom. The van der Waals surface area contributed by atoms with Gasteiger partial charge in [0.05, 0.1) is 6.54 Å². The van der Waals surface area contributed by atoms with Gasteiger partial charge in [-0.15, -0.1) is 0 Å². The molecule has 0 atom stereocenters. The Hall–Kier alpha value is -1.66. The van der Waals surface area contributed by atoms with Gasteiger partial charge in [-0.1, -0.05) is 18.5 Å². The summed E-state index contributed by atoms with van der Waals surface area (Å²) in [7, 11) is 0. The van der Waals surface area contributed by atoms with Crippen molar-refractivity contribution in [3.8, 4) is 0 Å². The molecule has 0 radical (unpaired) electrons. The molecule has 2 rings (SSSR count). The van der Waals surface area contributed by atoms with Crippen molar-refractivity contribution in [2.45, 2.75) is 31.8 Å². The summed E-state index contributed by atoms with van der Waals surface area (Å²) in [6, 6.07) is 3.83. The minimum atomic E-state index is -0.858. The number of carboxylic acids is 1. The predicted molar refractivity (Wildman–Crippen MR) is 80.6 cm³/mol. The van der Waals surface area contributed by atoms with Crippen LogP contribution in [0.25, 0.3) is 0 Å². The number of likely N-dealkylation sites (N-methyl/N-ethyl adjacent to an activating group) is 1. The number of aliphatic carboxylic acids is 1. The third-order valence-corrected chi connectivity index (χ3v) is 4.05. The van der Waals surface area contributed by atoms with Crippen LogP contribution in [0, 0.1) is 5.82 Å². The van der Waals surface area contributed by atoms with Crippen molar-refractivity contribution in [3.63, 3.8) is 0 Å². The number of halogens is 2. The van der Waals surface area contributed by atoms with E-state index in [9.17, 15) is 14.0 Å². The molecule has 1 amide bonds. The molecular weight excluding hydrogens is 311 g/mol. The van der Waals surface area contributed by atoms with Crippen LogP contribution in [-0.4, -0.2) is 47.1 Å². The van der Waals surface area contributed by atoms with Crippen LogP contribution in [0.1, 0.15) is 30.1 Å². The fourth-order valence-electron chi connectivity index (χ4n) is 2.63. The minimum absolute atomic E-state index is 0.00133. The Morgan fingerprint density at radius 1 is 1.41 bits per heavy atom. The van der Waals surface area contributed by atoms with Gasteiger partial charge in [0, 0.05) is 22.7 Å². The Kier molecular flexibility index (Phi) is 5.37. The third-order valence-electron chi connectivity index (χ3n) is 3.83. The first-order valence-corrected chi connectivity index (χ1v) is 7.49. The molecule has 0 aliphatic heterocycles. The summed E-state index contributed by atoms with van der Waals surface area (Å²) in [5.74, 6) is -1.78. The van der Waals surface area contributed by atoms with Crippen LogP contribution in [0.4, 0.5) is 4.39 Å². The van der Waals surface area contributed by atoms with E-state index in [4.69, 9.17) is 16.7 Å². The molecule has 1 saturated carbocycles. The summed E-state index contributed by atoms with van der Waals surface area (Å²) in [5, 5.41) is 11.8. The van der Waals surface area contributed by atoms with Gasteiger partial charge in [-0.05, 0) is 37.6 Å². The first kappa shape index (κ1) is 16.7. The molecule has 2 N–H and O–H groups in total. The molecule has 7 heteroatoms. The average Bonchev–Trinajstić information content (AvgIpc) is 2.38. The molecule has 0 aromatic heterocycles. The lowest BCUT2D eigenvalue weighted by atomic mass is 9.85. The van der Waals surface area contributed by atoms with Crippen LogP contribution in [0.15, 0.2) is 18.2 Å². The number of nitrogens with one attached hydrogen (secondary N) is 1. The Bertz CT molecular complexity index is 556. The average molecular weight is 329 g/mol. The molecule has 1 aromatic rings. The Morgan fingerprint density at radius 2 is 2.09 bits per heavy atom. The smallest absolute Gasteiger partial charge is 0.317 e. The zero-order valence-electron chi connectivity index (χ0n) is 12.2. The van der Waals surface area contributed by atoms with Crippen LogP contribution in [0.3, 0.4) is 0 Å². The zero-order chi connectivity index (χ0) is 16.3. The lowest BCUT2D eigenvalue weighted by Gasteiger charge is -2.42. The molecule has 5 nitrogen and oxygen atoms in total. The largest absolute Gasteiger partial charge is 0.480 e. The van der Waals surface area contributed by atoms with Crippen molar-refractivity contribution in [3.05, 3.63) is 34.6 Å². The van der Waals surface area contributed by atoms with Crippen LogP contribution in [0.2, 0.25) is 5.02 Å². The maximum atomic E-state index is 13.2. The lowest BCUT2D eigenvalue weighted by molar-refractivity contribution is -0.139. The third kappa shape index (κ3) is 4.18. The lowest BCUT2D eigenvalue weighted by Crippen LogP contribution is -2.54. The summed E-state index contributed by atoms with van der Waals surface area (Å²) in [6.45, 7) is 2.56. The summed E-state index contributed by atoms with van der Waals surface area (Å²) < 4.78 is 13.2. The molecule has 1 aliphatic carbocycles. The van der Waals surface area contributed by atoms with Gasteiger partial charge < -0.3 is 10.4 Å². The highest BCUT2D eigenvalue weighted by atomic mass is 35.5. The number of amides is 1. The van der Waals surface area contributed by atoms with E-state index in [1.165, 1.54) is 6.07 Å². The highest BCUT2D eigenvalue weighted by Gasteiger charge is 2.34. The van der Waals surface area contributed by atoms with Gasteiger partial charge in [0.2, 0.25) is 0 Å². The van der Waals surface area contributed by atoms with Gasteiger partial charge in [-0.25, -0.2) is 4.39 Å². The van der Waals surface area contributed by atoms with Crippen molar-refractivity contribution in [1.29, 1.82) is 0 Å². The van der Waals surface area contributed by atoms with E-state index in [2.05, 4.69) is 5.32 Å². The van der Waals surface area contributed by atoms with Gasteiger partial charge in [-0.2, -0.15) is 0 Å². The SMILES string of the molecule is CCN(CC(=O)O)C1CC(NC(=O)c2cc(F)cc(Cl)c2)C1.